The van der Waals surface area contributed by atoms with Crippen LogP contribution in [-0.2, 0) is 42.5 Å². The number of carbonyl (C=O) groups is 2. The molecule has 2 aromatic heterocycles. The van der Waals surface area contributed by atoms with E-state index in [9.17, 15) is 26.4 Å². The number of fused-ring (bicyclic) bond motifs is 2. The van der Waals surface area contributed by atoms with E-state index in [1.165, 1.54) is 70.0 Å². The summed E-state index contributed by atoms with van der Waals surface area (Å²) in [5.41, 5.74) is 5.40. The van der Waals surface area contributed by atoms with Gasteiger partial charge in [-0.25, -0.2) is 26.8 Å². The van der Waals surface area contributed by atoms with Gasteiger partial charge in [0.1, 0.15) is 12.1 Å². The van der Waals surface area contributed by atoms with Gasteiger partial charge in [0.2, 0.25) is 11.8 Å². The van der Waals surface area contributed by atoms with E-state index in [1.807, 2.05) is 36.4 Å². The fourth-order valence-electron chi connectivity index (χ4n) is 8.24. The zero-order valence-corrected chi connectivity index (χ0v) is 40.9. The van der Waals surface area contributed by atoms with Gasteiger partial charge in [0.25, 0.3) is 20.0 Å². The Morgan fingerprint density at radius 2 is 1.17 bits per heavy atom. The largest absolute Gasteiger partial charge is 0.359 e. The lowest BCUT2D eigenvalue weighted by Gasteiger charge is -2.35. The van der Waals surface area contributed by atoms with Crippen LogP contribution < -0.4 is 29.5 Å². The van der Waals surface area contributed by atoms with Gasteiger partial charge in [0.05, 0.1) is 9.79 Å². The number of benzene rings is 4. The van der Waals surface area contributed by atoms with E-state index in [0.29, 0.717) is 33.9 Å². The molecule has 2 fully saturated rings. The van der Waals surface area contributed by atoms with Crippen molar-refractivity contribution in [1.82, 2.24) is 15.3 Å². The maximum Gasteiger partial charge on any atom is 0.263 e. The molecule has 4 aliphatic rings. The standard InChI is InChI=1S/C22H21ClN4O3S2.C13H15ClN2O.C9H7BrN2O2S2/c23-16-3-8-19-15(14-16)2-1-11-27(19)20-9-12-26(21(20)28)17-4-6-18(7-5-17)32(29,30)25-22-24-10-13-31-22;14-10-3-4-11-9(8-10)2-1-7-16(11)12-5-6-15-13(12)17;10-7-1-3-8(4-2-7)16(13,14)12-9-11-5-6-15-9/h3-8,10,13-14,20H,1-2,9,11-12H2,(H,24,25);3-4,8,12H,1-2,5-7H2,(H,15,17);1-6H,(H,11,12)/t20-;12-;/m11./s1. The zero-order chi connectivity index (χ0) is 45.7. The molecule has 0 unspecified atom stereocenters. The molecule has 0 bridgehead atoms. The molecule has 0 spiro atoms. The third-order valence-electron chi connectivity index (χ3n) is 11.2. The molecule has 340 valence electrons. The van der Waals surface area contributed by atoms with Crippen LogP contribution in [0.2, 0.25) is 10.0 Å². The van der Waals surface area contributed by atoms with Crippen molar-refractivity contribution in [2.45, 2.75) is 60.4 Å². The quantitative estimate of drug-likeness (QED) is 0.127. The number of halogens is 3. The van der Waals surface area contributed by atoms with E-state index < -0.39 is 20.0 Å². The molecule has 3 N–H and O–H groups in total. The Morgan fingerprint density at radius 1 is 0.662 bits per heavy atom. The number of nitrogens with zero attached hydrogens (tertiary/aromatic N) is 5. The predicted octanol–water partition coefficient (Wildman–Crippen LogP) is 8.84. The van der Waals surface area contributed by atoms with Crippen LogP contribution in [0.3, 0.4) is 0 Å². The predicted molar refractivity (Wildman–Crippen MR) is 263 cm³/mol. The molecule has 21 heteroatoms. The molecule has 2 atom stereocenters. The Hall–Kier alpha value is -4.76. The number of rotatable bonds is 9. The van der Waals surface area contributed by atoms with Crippen LogP contribution in [0.1, 0.15) is 36.8 Å². The highest BCUT2D eigenvalue weighted by Crippen LogP contribution is 2.36. The highest BCUT2D eigenvalue weighted by molar-refractivity contribution is 9.10. The zero-order valence-electron chi connectivity index (χ0n) is 34.6. The van der Waals surface area contributed by atoms with E-state index in [-0.39, 0.29) is 33.7 Å². The fourth-order valence-corrected chi connectivity index (χ4v) is 12.5. The lowest BCUT2D eigenvalue weighted by Crippen LogP contribution is -2.44. The molecule has 14 nitrogen and oxygen atoms in total. The number of aromatic nitrogens is 2. The summed E-state index contributed by atoms with van der Waals surface area (Å²) in [6.45, 7) is 3.18. The smallest absolute Gasteiger partial charge is 0.263 e. The van der Waals surface area contributed by atoms with Crippen LogP contribution in [-0.4, -0.2) is 76.9 Å². The van der Waals surface area contributed by atoms with Gasteiger partial charge in [0, 0.05) is 80.9 Å². The first-order valence-corrected chi connectivity index (χ1v) is 26.9. The molecule has 0 aliphatic carbocycles. The Morgan fingerprint density at radius 3 is 1.65 bits per heavy atom. The summed E-state index contributed by atoms with van der Waals surface area (Å²) in [7, 11) is -7.25. The molecular formula is C44H43BrCl2N8O6S4. The van der Waals surface area contributed by atoms with E-state index in [0.717, 1.165) is 66.9 Å². The molecule has 10 rings (SSSR count). The van der Waals surface area contributed by atoms with E-state index in [1.54, 1.807) is 46.1 Å². The number of nitrogens with one attached hydrogen (secondary N) is 3. The maximum absolute atomic E-state index is 13.3. The molecule has 2 saturated heterocycles. The maximum atomic E-state index is 13.3. The third-order valence-corrected chi connectivity index (χ3v) is 16.6. The summed E-state index contributed by atoms with van der Waals surface area (Å²) in [4.78, 5) is 39.4. The fraction of sp³-hybridized carbons (Fsp3) is 0.273. The lowest BCUT2D eigenvalue weighted by atomic mass is 9.99. The highest BCUT2D eigenvalue weighted by atomic mass is 79.9. The average molecular weight is 1060 g/mol. The molecule has 4 aliphatic heterocycles. The average Bonchev–Trinajstić information content (AvgIpc) is 4.14. The second-order valence-electron chi connectivity index (χ2n) is 15.4. The first-order valence-electron chi connectivity index (χ1n) is 20.7. The molecule has 0 saturated carbocycles. The molecule has 6 aromatic rings. The highest BCUT2D eigenvalue weighted by Gasteiger charge is 2.38. The summed E-state index contributed by atoms with van der Waals surface area (Å²) in [6.07, 6.45) is 8.80. The van der Waals surface area contributed by atoms with Gasteiger partial charge in [0.15, 0.2) is 10.3 Å². The van der Waals surface area contributed by atoms with Crippen molar-refractivity contribution in [3.05, 3.63) is 134 Å². The van der Waals surface area contributed by atoms with Gasteiger partial charge < -0.3 is 20.0 Å². The van der Waals surface area contributed by atoms with Crippen molar-refractivity contribution >= 4 is 121 Å². The third kappa shape index (κ3) is 11.1. The van der Waals surface area contributed by atoms with Gasteiger partial charge >= 0.3 is 0 Å². The van der Waals surface area contributed by atoms with E-state index in [2.05, 4.69) is 50.5 Å². The van der Waals surface area contributed by atoms with Gasteiger partial charge in [-0.2, -0.15) is 0 Å². The van der Waals surface area contributed by atoms with Crippen LogP contribution in [0.4, 0.5) is 27.3 Å². The minimum Gasteiger partial charge on any atom is -0.359 e. The number of thiazole rings is 2. The van der Waals surface area contributed by atoms with Gasteiger partial charge in [-0.3, -0.25) is 19.0 Å². The Kier molecular flexibility index (Phi) is 14.7. The number of carbonyl (C=O) groups excluding carboxylic acids is 2. The topological polar surface area (TPSA) is 174 Å². The van der Waals surface area contributed by atoms with Gasteiger partial charge in [-0.05, 0) is 135 Å². The lowest BCUT2D eigenvalue weighted by molar-refractivity contribution is -0.120. The van der Waals surface area contributed by atoms with Gasteiger partial charge in [-0.1, -0.05) is 39.1 Å². The van der Waals surface area contributed by atoms with Crippen molar-refractivity contribution in [2.24, 2.45) is 0 Å². The number of aryl methyl sites for hydroxylation is 2. The molecule has 4 aromatic carbocycles. The summed E-state index contributed by atoms with van der Waals surface area (Å²) in [6, 6.07) is 24.4. The number of amides is 2. The number of hydrogen-bond acceptors (Lipinski definition) is 12. The Balaban J connectivity index is 0.000000147. The van der Waals surface area contributed by atoms with Crippen molar-refractivity contribution in [1.29, 1.82) is 0 Å². The summed E-state index contributed by atoms with van der Waals surface area (Å²) in [5.74, 6) is 0.192. The van der Waals surface area contributed by atoms with Crippen LogP contribution >= 0.6 is 61.8 Å². The normalized spacial score (nSPS) is 18.1. The second-order valence-corrected chi connectivity index (χ2v) is 22.3. The Bertz CT molecular complexity index is 2860. The minimum atomic E-state index is -3.73. The van der Waals surface area contributed by atoms with Crippen molar-refractivity contribution < 1.29 is 26.4 Å². The van der Waals surface area contributed by atoms with Crippen molar-refractivity contribution in [3.8, 4) is 0 Å². The summed E-state index contributed by atoms with van der Waals surface area (Å²) >= 11 is 17.9. The van der Waals surface area contributed by atoms with Gasteiger partial charge in [-0.15, -0.1) is 22.7 Å². The summed E-state index contributed by atoms with van der Waals surface area (Å²) < 4.78 is 54.5. The number of hydrogen-bond donors (Lipinski definition) is 3. The van der Waals surface area contributed by atoms with E-state index in [4.69, 9.17) is 23.2 Å². The SMILES string of the molecule is O=C1NCC[C@H]1N1CCCc2cc(Cl)ccc21.O=C1[C@H](N2CCCc3cc(Cl)ccc32)CCN1c1ccc(S(=O)(=O)Nc2nccs2)cc1.O=S(=O)(Nc1nccs1)c1ccc(Br)cc1. The molecule has 6 heterocycles. The monoisotopic (exact) mass is 1060 g/mol. The molecule has 0 radical (unpaired) electrons. The number of sulfonamides is 2. The van der Waals surface area contributed by atoms with Crippen LogP contribution in [0.5, 0.6) is 0 Å². The van der Waals surface area contributed by atoms with Crippen molar-refractivity contribution in [3.63, 3.8) is 0 Å². The molecular weight excluding hydrogens is 1020 g/mol. The van der Waals surface area contributed by atoms with Crippen LogP contribution in [0.15, 0.2) is 122 Å². The summed E-state index contributed by atoms with van der Waals surface area (Å²) in [5, 5.41) is 8.48. The van der Waals surface area contributed by atoms with Crippen LogP contribution in [0, 0.1) is 0 Å². The van der Waals surface area contributed by atoms with Crippen LogP contribution in [0.25, 0.3) is 0 Å². The molecule has 65 heavy (non-hydrogen) atoms. The van der Waals surface area contributed by atoms with Crippen molar-refractivity contribution in [2.75, 3.05) is 50.3 Å². The minimum absolute atomic E-state index is 0.00947. The van der Waals surface area contributed by atoms with E-state index >= 15 is 0 Å². The molecule has 2 amide bonds. The number of anilines is 5. The first-order chi connectivity index (χ1) is 31.3. The Labute approximate surface area is 404 Å². The second kappa shape index (κ2) is 20.4. The first kappa shape index (κ1) is 46.8.